The number of halogens is 2. The van der Waals surface area contributed by atoms with Crippen molar-refractivity contribution in [2.45, 2.75) is 37.5 Å². The van der Waals surface area contributed by atoms with Crippen LogP contribution < -0.4 is 0 Å². The van der Waals surface area contributed by atoms with Gasteiger partial charge in [0.1, 0.15) is 5.78 Å². The number of nitrogens with zero attached hydrogens (tertiary/aromatic N) is 1. The average Bonchev–Trinajstić information content (AvgIpc) is 2.36. The summed E-state index contributed by atoms with van der Waals surface area (Å²) < 4.78 is 0.775. The molecule has 1 aliphatic rings. The maximum Gasteiger partial charge on any atom is 0.144 e. The molecule has 0 saturated heterocycles. The molecule has 1 aliphatic carbocycles. The van der Waals surface area contributed by atoms with Crippen molar-refractivity contribution in [2.24, 2.45) is 0 Å². The molecule has 0 N–H and O–H groups in total. The van der Waals surface area contributed by atoms with Crippen molar-refractivity contribution in [1.82, 2.24) is 0 Å². The van der Waals surface area contributed by atoms with Crippen molar-refractivity contribution in [3.8, 4) is 6.07 Å². The molecule has 2 rings (SSSR count). The Morgan fingerprint density at radius 1 is 1.44 bits per heavy atom. The molecular formula is C14H13BrClNO. The Balaban J connectivity index is 2.49. The molecule has 0 amide bonds. The van der Waals surface area contributed by atoms with Gasteiger partial charge in [-0.3, -0.25) is 4.79 Å². The van der Waals surface area contributed by atoms with E-state index < -0.39 is 5.41 Å². The average molecular weight is 327 g/mol. The molecule has 0 radical (unpaired) electrons. The quantitative estimate of drug-likeness (QED) is 0.808. The van der Waals surface area contributed by atoms with E-state index in [1.807, 2.05) is 12.1 Å². The van der Waals surface area contributed by atoms with Crippen LogP contribution in [-0.2, 0) is 10.2 Å². The van der Waals surface area contributed by atoms with E-state index in [2.05, 4.69) is 22.0 Å². The molecular weight excluding hydrogens is 314 g/mol. The molecule has 0 bridgehead atoms. The van der Waals surface area contributed by atoms with Gasteiger partial charge in [0.25, 0.3) is 0 Å². The first-order chi connectivity index (χ1) is 8.60. The first-order valence-electron chi connectivity index (χ1n) is 5.96. The third-order valence-electron chi connectivity index (χ3n) is 3.64. The van der Waals surface area contributed by atoms with Gasteiger partial charge in [-0.05, 0) is 46.5 Å². The smallest absolute Gasteiger partial charge is 0.144 e. The first-order valence-corrected chi connectivity index (χ1v) is 7.13. The molecule has 0 heterocycles. The molecule has 1 aromatic carbocycles. The number of hydrogen-bond acceptors (Lipinski definition) is 2. The Hall–Kier alpha value is -0.850. The molecule has 1 saturated carbocycles. The van der Waals surface area contributed by atoms with Crippen molar-refractivity contribution in [3.05, 3.63) is 33.3 Å². The summed E-state index contributed by atoms with van der Waals surface area (Å²) in [5.41, 5.74) is 0.283. The third-order valence-corrected chi connectivity index (χ3v) is 4.86. The lowest BCUT2D eigenvalue weighted by Gasteiger charge is -2.34. The van der Waals surface area contributed by atoms with E-state index in [1.54, 1.807) is 6.07 Å². The highest BCUT2D eigenvalue weighted by Crippen LogP contribution is 2.41. The van der Waals surface area contributed by atoms with Crippen LogP contribution in [0.3, 0.4) is 0 Å². The fourth-order valence-corrected chi connectivity index (χ4v) is 3.11. The third kappa shape index (κ3) is 2.32. The fourth-order valence-electron chi connectivity index (χ4n) is 2.61. The first kappa shape index (κ1) is 13.6. The molecule has 1 fully saturated rings. The molecule has 4 heteroatoms. The normalized spacial score (nSPS) is 23.7. The van der Waals surface area contributed by atoms with Crippen molar-refractivity contribution in [1.29, 1.82) is 5.26 Å². The highest BCUT2D eigenvalue weighted by Gasteiger charge is 2.41. The lowest BCUT2D eigenvalue weighted by Crippen LogP contribution is -2.38. The lowest BCUT2D eigenvalue weighted by atomic mass is 9.67. The van der Waals surface area contributed by atoms with Crippen LogP contribution in [0.4, 0.5) is 0 Å². The summed E-state index contributed by atoms with van der Waals surface area (Å²) in [6.45, 7) is 0. The molecule has 94 valence electrons. The van der Waals surface area contributed by atoms with E-state index in [9.17, 15) is 4.79 Å². The predicted molar refractivity (Wildman–Crippen MR) is 74.5 cm³/mol. The van der Waals surface area contributed by atoms with Crippen molar-refractivity contribution in [2.75, 3.05) is 0 Å². The molecule has 1 aromatic rings. The molecule has 2 nitrogen and oxygen atoms in total. The Morgan fingerprint density at radius 2 is 2.22 bits per heavy atom. The Kier molecular flexibility index (Phi) is 4.09. The number of ketones is 1. The molecule has 18 heavy (non-hydrogen) atoms. The van der Waals surface area contributed by atoms with Gasteiger partial charge >= 0.3 is 0 Å². The van der Waals surface area contributed by atoms with Crippen LogP contribution >= 0.6 is 27.5 Å². The second-order valence-electron chi connectivity index (χ2n) is 4.68. The Morgan fingerprint density at radius 3 is 2.83 bits per heavy atom. The van der Waals surface area contributed by atoms with Gasteiger partial charge in [0.15, 0.2) is 0 Å². The summed E-state index contributed by atoms with van der Waals surface area (Å²) in [5, 5.41) is 9.67. The zero-order chi connectivity index (χ0) is 13.2. The number of carbonyl (C=O) groups excluding carboxylic acids is 1. The zero-order valence-corrected chi connectivity index (χ0v) is 12.2. The Bertz CT molecular complexity index is 523. The topological polar surface area (TPSA) is 40.9 Å². The maximum atomic E-state index is 12.3. The van der Waals surface area contributed by atoms with E-state index in [0.29, 0.717) is 11.4 Å². The molecule has 0 aromatic heterocycles. The van der Waals surface area contributed by atoms with Crippen molar-refractivity contribution >= 4 is 33.3 Å². The van der Waals surface area contributed by atoms with Crippen LogP contribution in [0.15, 0.2) is 22.7 Å². The second-order valence-corrected chi connectivity index (χ2v) is 5.94. The summed E-state index contributed by atoms with van der Waals surface area (Å²) in [5.74, 6) is 0.185. The van der Waals surface area contributed by atoms with Crippen molar-refractivity contribution < 1.29 is 4.79 Å². The fraction of sp³-hybridized carbons (Fsp3) is 0.429. The number of hydrogen-bond donors (Lipinski definition) is 0. The van der Waals surface area contributed by atoms with E-state index in [4.69, 9.17) is 16.9 Å². The highest BCUT2D eigenvalue weighted by molar-refractivity contribution is 9.10. The standard InChI is InChI=1S/C14H13BrClNO/c15-11-9-10(4-5-12(11)16)14(7-8-17)6-2-1-3-13(14)18/h4-5,9H,1-3,6-7H2. The minimum Gasteiger partial charge on any atom is -0.299 e. The van der Waals surface area contributed by atoms with Gasteiger partial charge in [-0.25, -0.2) is 0 Å². The number of Topliss-reactive ketones (excluding diaryl/α,β-unsaturated/α-hetero) is 1. The number of benzene rings is 1. The predicted octanol–water partition coefficient (Wildman–Crippen LogP) is 4.40. The SMILES string of the molecule is N#CCC1(c2ccc(Cl)c(Br)c2)CCCCC1=O. The van der Waals surface area contributed by atoms with E-state index in [0.717, 1.165) is 29.3 Å². The Labute approximate surface area is 120 Å². The number of rotatable bonds is 2. The second kappa shape index (κ2) is 5.42. The molecule has 1 unspecified atom stereocenters. The largest absolute Gasteiger partial charge is 0.299 e. The minimum absolute atomic E-state index is 0.185. The number of nitriles is 1. The monoisotopic (exact) mass is 325 g/mol. The highest BCUT2D eigenvalue weighted by atomic mass is 79.9. The van der Waals surface area contributed by atoms with Gasteiger partial charge in [0.05, 0.1) is 22.9 Å². The molecule has 0 spiro atoms. The van der Waals surface area contributed by atoms with Gasteiger partial charge in [-0.1, -0.05) is 24.1 Å². The van der Waals surface area contributed by atoms with Crippen LogP contribution in [0, 0.1) is 11.3 Å². The van der Waals surface area contributed by atoms with Crippen LogP contribution in [0.5, 0.6) is 0 Å². The van der Waals surface area contributed by atoms with Crippen LogP contribution in [-0.4, -0.2) is 5.78 Å². The summed E-state index contributed by atoms with van der Waals surface area (Å²) >= 11 is 9.36. The van der Waals surface area contributed by atoms with Crippen LogP contribution in [0.25, 0.3) is 0 Å². The van der Waals surface area contributed by atoms with Crippen LogP contribution in [0.1, 0.15) is 37.7 Å². The van der Waals surface area contributed by atoms with Crippen LogP contribution in [0.2, 0.25) is 5.02 Å². The number of carbonyl (C=O) groups is 1. The van der Waals surface area contributed by atoms with Gasteiger partial charge in [-0.15, -0.1) is 0 Å². The summed E-state index contributed by atoms with van der Waals surface area (Å²) in [4.78, 5) is 12.3. The van der Waals surface area contributed by atoms with E-state index in [-0.39, 0.29) is 12.2 Å². The molecule has 0 aliphatic heterocycles. The molecule has 1 atom stereocenters. The summed E-state index contributed by atoms with van der Waals surface area (Å²) in [6, 6.07) is 7.70. The van der Waals surface area contributed by atoms with Gasteiger partial charge in [0.2, 0.25) is 0 Å². The maximum absolute atomic E-state index is 12.3. The van der Waals surface area contributed by atoms with Gasteiger partial charge < -0.3 is 0 Å². The van der Waals surface area contributed by atoms with E-state index >= 15 is 0 Å². The van der Waals surface area contributed by atoms with Gasteiger partial charge in [0, 0.05) is 10.9 Å². The van der Waals surface area contributed by atoms with Crippen molar-refractivity contribution in [3.63, 3.8) is 0 Å². The van der Waals surface area contributed by atoms with Gasteiger partial charge in [-0.2, -0.15) is 5.26 Å². The minimum atomic E-state index is -0.625. The van der Waals surface area contributed by atoms with E-state index in [1.165, 1.54) is 0 Å². The zero-order valence-electron chi connectivity index (χ0n) is 9.88. The summed E-state index contributed by atoms with van der Waals surface area (Å²) in [6.07, 6.45) is 3.50. The lowest BCUT2D eigenvalue weighted by molar-refractivity contribution is -0.126. The summed E-state index contributed by atoms with van der Waals surface area (Å²) in [7, 11) is 0.